The molecular weight excluding hydrogens is 396 g/mol. The van der Waals surface area contributed by atoms with Gasteiger partial charge in [0.2, 0.25) is 10.0 Å². The second-order valence-corrected chi connectivity index (χ2v) is 8.24. The number of benzene rings is 1. The fourth-order valence-electron chi connectivity index (χ4n) is 2.63. The van der Waals surface area contributed by atoms with Crippen LogP contribution in [-0.4, -0.2) is 49.6 Å². The summed E-state index contributed by atoms with van der Waals surface area (Å²) in [5, 5.41) is 0. The predicted molar refractivity (Wildman–Crippen MR) is 108 cm³/mol. The Bertz CT molecular complexity index is 979. The van der Waals surface area contributed by atoms with E-state index in [0.717, 1.165) is 16.2 Å². The van der Waals surface area contributed by atoms with Crippen LogP contribution >= 0.6 is 0 Å². The fraction of sp³-hybridized carbons (Fsp3) is 0.400. The normalized spacial score (nSPS) is 11.4. The Morgan fingerprint density at radius 2 is 1.69 bits per heavy atom. The minimum absolute atomic E-state index is 0.0128. The van der Waals surface area contributed by atoms with Crippen molar-refractivity contribution < 1.29 is 22.7 Å². The first-order valence-corrected chi connectivity index (χ1v) is 10.8. The molecule has 0 fully saturated rings. The smallest absolute Gasteiger partial charge is 0.326 e. The van der Waals surface area contributed by atoms with Crippen LogP contribution in [0.2, 0.25) is 0 Å². The number of hydrogen-bond donors (Lipinski definition) is 0. The van der Waals surface area contributed by atoms with E-state index in [1.807, 2.05) is 31.2 Å². The van der Waals surface area contributed by atoms with Gasteiger partial charge in [-0.15, -0.1) is 0 Å². The van der Waals surface area contributed by atoms with E-state index < -0.39 is 21.6 Å². The van der Waals surface area contributed by atoms with Crippen molar-refractivity contribution in [3.05, 3.63) is 58.5 Å². The maximum Gasteiger partial charge on any atom is 0.326 e. The number of aryl methyl sites for hydroxylation is 1. The topological polar surface area (TPSA) is 94.9 Å². The third kappa shape index (κ3) is 6.16. The van der Waals surface area contributed by atoms with Gasteiger partial charge >= 0.3 is 5.97 Å². The van der Waals surface area contributed by atoms with Gasteiger partial charge in [0.05, 0.1) is 4.90 Å². The minimum Gasteiger partial charge on any atom is -0.490 e. The van der Waals surface area contributed by atoms with Crippen LogP contribution in [0, 0.1) is 6.92 Å². The van der Waals surface area contributed by atoms with Crippen LogP contribution in [-0.2, 0) is 26.1 Å². The zero-order valence-electron chi connectivity index (χ0n) is 16.8. The van der Waals surface area contributed by atoms with Crippen molar-refractivity contribution in [2.24, 2.45) is 0 Å². The molecule has 2 rings (SSSR count). The monoisotopic (exact) mass is 422 g/mol. The molecule has 0 saturated carbocycles. The van der Waals surface area contributed by atoms with Crippen molar-refractivity contribution in [1.29, 1.82) is 0 Å². The molecule has 29 heavy (non-hydrogen) atoms. The van der Waals surface area contributed by atoms with E-state index in [2.05, 4.69) is 0 Å². The van der Waals surface area contributed by atoms with Gasteiger partial charge in [-0.3, -0.25) is 9.59 Å². The van der Waals surface area contributed by atoms with Crippen molar-refractivity contribution in [2.75, 3.05) is 26.3 Å². The molecular formula is C20H26N2O6S. The van der Waals surface area contributed by atoms with Crippen molar-refractivity contribution in [3.63, 3.8) is 0 Å². The third-order valence-electron chi connectivity index (χ3n) is 4.24. The van der Waals surface area contributed by atoms with Crippen LogP contribution in [0.4, 0.5) is 0 Å². The summed E-state index contributed by atoms with van der Waals surface area (Å²) in [5.74, 6) is 0.00849. The molecule has 0 N–H and O–H groups in total. The second kappa shape index (κ2) is 10.2. The van der Waals surface area contributed by atoms with E-state index in [-0.39, 0.29) is 24.7 Å². The first kappa shape index (κ1) is 22.6. The maximum atomic E-state index is 12.6. The Morgan fingerprint density at radius 1 is 1.03 bits per heavy atom. The Hall–Kier alpha value is -2.65. The lowest BCUT2D eigenvalue weighted by molar-refractivity contribution is -0.145. The highest BCUT2D eigenvalue weighted by Crippen LogP contribution is 2.14. The van der Waals surface area contributed by atoms with Crippen LogP contribution in [0.15, 0.2) is 52.3 Å². The highest BCUT2D eigenvalue weighted by Gasteiger charge is 2.22. The predicted octanol–water partition coefficient (Wildman–Crippen LogP) is 1.81. The van der Waals surface area contributed by atoms with Gasteiger partial charge in [-0.2, -0.15) is 4.31 Å². The number of ether oxygens (including phenoxy) is 2. The highest BCUT2D eigenvalue weighted by molar-refractivity contribution is 7.89. The molecule has 1 heterocycles. The van der Waals surface area contributed by atoms with Gasteiger partial charge in [-0.1, -0.05) is 31.5 Å². The first-order valence-electron chi connectivity index (χ1n) is 9.33. The van der Waals surface area contributed by atoms with Crippen LogP contribution < -0.4 is 10.3 Å². The molecule has 1 aromatic carbocycles. The molecule has 9 heteroatoms. The molecule has 0 bridgehead atoms. The quantitative estimate of drug-likeness (QED) is 0.428. The van der Waals surface area contributed by atoms with Gasteiger partial charge in [0.25, 0.3) is 5.56 Å². The molecule has 1 aromatic heterocycles. The third-order valence-corrected chi connectivity index (χ3v) is 6.27. The van der Waals surface area contributed by atoms with Gasteiger partial charge in [0.15, 0.2) is 0 Å². The Labute approximate surface area is 170 Å². The van der Waals surface area contributed by atoms with Gasteiger partial charge in [-0.05, 0) is 25.1 Å². The summed E-state index contributed by atoms with van der Waals surface area (Å²) in [5.41, 5.74) is 0.621. The van der Waals surface area contributed by atoms with Gasteiger partial charge < -0.3 is 14.0 Å². The molecule has 0 unspecified atom stereocenters. The zero-order valence-corrected chi connectivity index (χ0v) is 17.6. The van der Waals surface area contributed by atoms with Crippen molar-refractivity contribution in [1.82, 2.24) is 8.87 Å². The number of carbonyl (C=O) groups excluding carboxylic acids is 1. The lowest BCUT2D eigenvalue weighted by Gasteiger charge is -2.18. The lowest BCUT2D eigenvalue weighted by Crippen LogP contribution is -2.32. The summed E-state index contributed by atoms with van der Waals surface area (Å²) in [6.45, 7) is 5.84. The van der Waals surface area contributed by atoms with Crippen molar-refractivity contribution in [2.45, 2.75) is 32.2 Å². The number of rotatable bonds is 10. The van der Waals surface area contributed by atoms with E-state index in [1.54, 1.807) is 13.8 Å². The van der Waals surface area contributed by atoms with E-state index in [4.69, 9.17) is 9.47 Å². The van der Waals surface area contributed by atoms with Crippen molar-refractivity contribution >= 4 is 16.0 Å². The summed E-state index contributed by atoms with van der Waals surface area (Å²) in [6, 6.07) is 9.83. The van der Waals surface area contributed by atoms with E-state index in [0.29, 0.717) is 18.8 Å². The molecule has 2 aromatic rings. The average molecular weight is 423 g/mol. The van der Waals surface area contributed by atoms with E-state index in [1.165, 1.54) is 16.6 Å². The number of esters is 1. The Kier molecular flexibility index (Phi) is 7.98. The molecule has 8 nitrogen and oxygen atoms in total. The van der Waals surface area contributed by atoms with Crippen LogP contribution in [0.25, 0.3) is 0 Å². The molecule has 0 aliphatic rings. The van der Waals surface area contributed by atoms with Crippen molar-refractivity contribution in [3.8, 4) is 5.75 Å². The van der Waals surface area contributed by atoms with Crippen LogP contribution in [0.3, 0.4) is 0 Å². The summed E-state index contributed by atoms with van der Waals surface area (Å²) in [7, 11) is -3.73. The summed E-state index contributed by atoms with van der Waals surface area (Å²) < 4.78 is 38.0. The summed E-state index contributed by atoms with van der Waals surface area (Å²) in [4.78, 5) is 24.0. The molecule has 0 aliphatic carbocycles. The average Bonchev–Trinajstić information content (AvgIpc) is 2.69. The van der Waals surface area contributed by atoms with Gasteiger partial charge in [0, 0.05) is 25.4 Å². The molecule has 0 spiro atoms. The lowest BCUT2D eigenvalue weighted by atomic mass is 10.2. The number of aromatic nitrogens is 1. The van der Waals surface area contributed by atoms with Gasteiger partial charge in [0.1, 0.15) is 25.5 Å². The molecule has 0 atom stereocenters. The fourth-order valence-corrected chi connectivity index (χ4v) is 4.11. The van der Waals surface area contributed by atoms with Gasteiger partial charge in [-0.25, -0.2) is 8.42 Å². The number of carbonyl (C=O) groups is 1. The van der Waals surface area contributed by atoms with Crippen LogP contribution in [0.1, 0.15) is 19.4 Å². The molecule has 0 amide bonds. The summed E-state index contributed by atoms with van der Waals surface area (Å²) in [6.07, 6.45) is 1.17. The SMILES string of the molecule is CCN(CC)S(=O)(=O)c1ccc(=O)n(CC(=O)OCCOc2ccc(C)cc2)c1. The minimum atomic E-state index is -3.73. The molecule has 0 aliphatic heterocycles. The van der Waals surface area contributed by atoms with E-state index in [9.17, 15) is 18.0 Å². The largest absolute Gasteiger partial charge is 0.490 e. The number of sulfonamides is 1. The number of hydrogen-bond acceptors (Lipinski definition) is 6. The standard InChI is InChI=1S/C20H26N2O6S/c1-4-22(5-2)29(25,26)18-10-11-19(23)21(14-18)15-20(24)28-13-12-27-17-8-6-16(3)7-9-17/h6-11,14H,4-5,12-13,15H2,1-3H3. The zero-order chi connectivity index (χ0) is 21.4. The summed E-state index contributed by atoms with van der Waals surface area (Å²) >= 11 is 0. The molecule has 0 radical (unpaired) electrons. The maximum absolute atomic E-state index is 12.6. The Balaban J connectivity index is 1.95. The van der Waals surface area contributed by atoms with Crippen LogP contribution in [0.5, 0.6) is 5.75 Å². The molecule has 158 valence electrons. The highest BCUT2D eigenvalue weighted by atomic mass is 32.2. The number of nitrogens with zero attached hydrogens (tertiary/aromatic N) is 2. The number of pyridine rings is 1. The Morgan fingerprint density at radius 3 is 2.31 bits per heavy atom. The second-order valence-electron chi connectivity index (χ2n) is 6.30. The molecule has 0 saturated heterocycles. The van der Waals surface area contributed by atoms with E-state index >= 15 is 0 Å². The first-order chi connectivity index (χ1) is 13.8.